The SMILES string of the molecule is C1=CSSC1.CCOC(=O)C(=O)OCC. The van der Waals surface area contributed by atoms with Gasteiger partial charge in [0.25, 0.3) is 0 Å². The summed E-state index contributed by atoms with van der Waals surface area (Å²) in [5, 5.41) is 2.12. The van der Waals surface area contributed by atoms with Crippen molar-refractivity contribution in [1.82, 2.24) is 0 Å². The van der Waals surface area contributed by atoms with E-state index in [9.17, 15) is 9.59 Å². The van der Waals surface area contributed by atoms with Crippen molar-refractivity contribution in [3.05, 3.63) is 11.5 Å². The van der Waals surface area contributed by atoms with Crippen molar-refractivity contribution in [3.63, 3.8) is 0 Å². The van der Waals surface area contributed by atoms with Gasteiger partial charge in [-0.05, 0) is 19.3 Å². The maximum absolute atomic E-state index is 10.4. The van der Waals surface area contributed by atoms with Crippen LogP contribution in [0.1, 0.15) is 13.8 Å². The molecule has 0 fully saturated rings. The highest BCUT2D eigenvalue weighted by Crippen LogP contribution is 2.27. The van der Waals surface area contributed by atoms with E-state index in [1.54, 1.807) is 13.8 Å². The Labute approximate surface area is 97.2 Å². The lowest BCUT2D eigenvalue weighted by atomic mass is 10.7. The predicted octanol–water partition coefficient (Wildman–Crippen LogP) is 2.01. The van der Waals surface area contributed by atoms with Crippen molar-refractivity contribution in [3.8, 4) is 0 Å². The average Bonchev–Trinajstić information content (AvgIpc) is 2.76. The minimum atomic E-state index is -0.927. The Hall–Kier alpha value is -0.620. The lowest BCUT2D eigenvalue weighted by Crippen LogP contribution is -2.19. The van der Waals surface area contributed by atoms with E-state index >= 15 is 0 Å². The summed E-state index contributed by atoms with van der Waals surface area (Å²) < 4.78 is 8.69. The highest BCUT2D eigenvalue weighted by atomic mass is 33.1. The van der Waals surface area contributed by atoms with E-state index in [4.69, 9.17) is 0 Å². The van der Waals surface area contributed by atoms with Crippen LogP contribution in [0.3, 0.4) is 0 Å². The molecule has 0 aromatic carbocycles. The Balaban J connectivity index is 0.000000322. The second-order valence-electron chi connectivity index (χ2n) is 2.19. The Morgan fingerprint density at radius 1 is 1.20 bits per heavy atom. The number of ether oxygens (including phenoxy) is 2. The number of carbonyl (C=O) groups excluding carboxylic acids is 2. The van der Waals surface area contributed by atoms with Crippen LogP contribution in [0.2, 0.25) is 0 Å². The summed E-state index contributed by atoms with van der Waals surface area (Å²) in [6.07, 6.45) is 2.16. The van der Waals surface area contributed by atoms with Gasteiger partial charge in [-0.1, -0.05) is 27.7 Å². The zero-order valence-corrected chi connectivity index (χ0v) is 10.4. The van der Waals surface area contributed by atoms with Crippen LogP contribution in [0.5, 0.6) is 0 Å². The largest absolute Gasteiger partial charge is 0.458 e. The predicted molar refractivity (Wildman–Crippen MR) is 62.5 cm³/mol. The summed E-state index contributed by atoms with van der Waals surface area (Å²) >= 11 is 0. The lowest BCUT2D eigenvalue weighted by molar-refractivity contribution is -0.167. The molecule has 0 saturated heterocycles. The highest BCUT2D eigenvalue weighted by Gasteiger charge is 2.14. The van der Waals surface area contributed by atoms with Gasteiger partial charge in [0.2, 0.25) is 0 Å². The summed E-state index contributed by atoms with van der Waals surface area (Å²) in [7, 11) is 3.69. The minimum Gasteiger partial charge on any atom is -0.458 e. The number of hydrogen-bond acceptors (Lipinski definition) is 6. The van der Waals surface area contributed by atoms with Crippen molar-refractivity contribution in [1.29, 1.82) is 0 Å². The molecule has 0 aromatic rings. The number of carbonyl (C=O) groups is 2. The van der Waals surface area contributed by atoms with Crippen LogP contribution in [0.15, 0.2) is 11.5 Å². The van der Waals surface area contributed by atoms with Crippen LogP contribution < -0.4 is 0 Å². The van der Waals surface area contributed by atoms with Gasteiger partial charge in [0.1, 0.15) is 0 Å². The molecule has 0 aliphatic carbocycles. The van der Waals surface area contributed by atoms with E-state index in [1.165, 1.54) is 5.75 Å². The van der Waals surface area contributed by atoms with Crippen LogP contribution in [0.4, 0.5) is 0 Å². The molecule has 15 heavy (non-hydrogen) atoms. The fourth-order valence-corrected chi connectivity index (χ4v) is 2.15. The molecular weight excluding hydrogens is 236 g/mol. The molecule has 86 valence electrons. The van der Waals surface area contributed by atoms with Crippen LogP contribution >= 0.6 is 21.6 Å². The first-order valence-electron chi connectivity index (χ1n) is 4.49. The van der Waals surface area contributed by atoms with E-state index in [1.807, 2.05) is 21.6 Å². The molecule has 0 saturated carbocycles. The zero-order valence-electron chi connectivity index (χ0n) is 8.73. The van der Waals surface area contributed by atoms with E-state index in [0.29, 0.717) is 0 Å². The van der Waals surface area contributed by atoms with Gasteiger partial charge < -0.3 is 9.47 Å². The van der Waals surface area contributed by atoms with Crippen LogP contribution in [0, 0.1) is 0 Å². The van der Waals surface area contributed by atoms with Crippen molar-refractivity contribution >= 4 is 33.5 Å². The van der Waals surface area contributed by atoms with Gasteiger partial charge in [-0.2, -0.15) is 0 Å². The molecule has 0 atom stereocenters. The molecule has 4 nitrogen and oxygen atoms in total. The Morgan fingerprint density at radius 3 is 1.93 bits per heavy atom. The maximum atomic E-state index is 10.4. The number of hydrogen-bond donors (Lipinski definition) is 0. The van der Waals surface area contributed by atoms with E-state index in [0.717, 1.165) is 0 Å². The van der Waals surface area contributed by atoms with Gasteiger partial charge in [-0.15, -0.1) is 0 Å². The molecule has 0 unspecified atom stereocenters. The molecule has 0 spiro atoms. The zero-order chi connectivity index (χ0) is 11.5. The van der Waals surface area contributed by atoms with Crippen LogP contribution in [0.25, 0.3) is 0 Å². The summed E-state index contributed by atoms with van der Waals surface area (Å²) in [5.41, 5.74) is 0. The Morgan fingerprint density at radius 2 is 1.73 bits per heavy atom. The normalized spacial score (nSPS) is 12.7. The fourth-order valence-electron chi connectivity index (χ4n) is 0.576. The van der Waals surface area contributed by atoms with Gasteiger partial charge in [0.05, 0.1) is 13.2 Å². The lowest BCUT2D eigenvalue weighted by Gasteiger charge is -1.99. The second kappa shape index (κ2) is 9.92. The first-order valence-corrected chi connectivity index (χ1v) is 6.87. The van der Waals surface area contributed by atoms with Crippen LogP contribution in [-0.4, -0.2) is 30.9 Å². The summed E-state index contributed by atoms with van der Waals surface area (Å²) in [6, 6.07) is 0. The molecule has 0 bridgehead atoms. The minimum absolute atomic E-state index is 0.192. The standard InChI is InChI=1S/C6H10O4.C3H4S2/c1-3-9-5(7)6(8)10-4-2;1-2-4-5-3-1/h3-4H2,1-2H3;1-2H,3H2. The summed E-state index contributed by atoms with van der Waals surface area (Å²) in [5.74, 6) is -0.654. The van der Waals surface area contributed by atoms with Gasteiger partial charge in [0, 0.05) is 5.75 Å². The second-order valence-corrected chi connectivity index (χ2v) is 4.51. The van der Waals surface area contributed by atoms with Crippen LogP contribution in [-0.2, 0) is 19.1 Å². The van der Waals surface area contributed by atoms with Crippen molar-refractivity contribution in [2.45, 2.75) is 13.8 Å². The third-order valence-corrected chi connectivity index (χ3v) is 3.02. The first kappa shape index (κ1) is 14.4. The molecule has 6 heteroatoms. The topological polar surface area (TPSA) is 52.6 Å². The molecule has 1 rings (SSSR count). The molecule has 0 radical (unpaired) electrons. The van der Waals surface area contributed by atoms with Gasteiger partial charge in [-0.25, -0.2) is 9.59 Å². The molecular formula is C9H14O4S2. The molecule has 0 amide bonds. The molecule has 0 N–H and O–H groups in total. The molecule has 0 aromatic heterocycles. The van der Waals surface area contributed by atoms with Crippen molar-refractivity contribution in [2.24, 2.45) is 0 Å². The molecule has 1 heterocycles. The maximum Gasteiger partial charge on any atom is 0.417 e. The van der Waals surface area contributed by atoms with Gasteiger partial charge in [-0.3, -0.25) is 0 Å². The van der Waals surface area contributed by atoms with E-state index < -0.39 is 11.9 Å². The monoisotopic (exact) mass is 250 g/mol. The molecule has 1 aliphatic rings. The Bertz CT molecular complexity index is 206. The smallest absolute Gasteiger partial charge is 0.417 e. The quantitative estimate of drug-likeness (QED) is 0.424. The third kappa shape index (κ3) is 8.38. The Kier molecular flexibility index (Phi) is 9.51. The number of esters is 2. The average molecular weight is 250 g/mol. The van der Waals surface area contributed by atoms with Crippen molar-refractivity contribution in [2.75, 3.05) is 19.0 Å². The highest BCUT2D eigenvalue weighted by molar-refractivity contribution is 8.78. The molecule has 1 aliphatic heterocycles. The third-order valence-electron chi connectivity index (χ3n) is 1.10. The number of rotatable bonds is 2. The fraction of sp³-hybridized carbons (Fsp3) is 0.556. The van der Waals surface area contributed by atoms with E-state index in [-0.39, 0.29) is 13.2 Å². The van der Waals surface area contributed by atoms with E-state index in [2.05, 4.69) is 21.0 Å². The summed E-state index contributed by atoms with van der Waals surface area (Å²) in [4.78, 5) is 20.9. The first-order chi connectivity index (χ1) is 7.22. The van der Waals surface area contributed by atoms with Crippen molar-refractivity contribution < 1.29 is 19.1 Å². The van der Waals surface area contributed by atoms with Gasteiger partial charge in [0.15, 0.2) is 0 Å². The van der Waals surface area contributed by atoms with Gasteiger partial charge >= 0.3 is 11.9 Å². The summed E-state index contributed by atoms with van der Waals surface area (Å²) in [6.45, 7) is 3.63.